The average molecular weight is 532 g/mol. The van der Waals surface area contributed by atoms with E-state index in [1.165, 1.54) is 56.4 Å². The molecule has 1 unspecified atom stereocenters. The van der Waals surface area contributed by atoms with Crippen LogP contribution >= 0.6 is 0 Å². The fraction of sp³-hybridized carbons (Fsp3) is 0.759. The molecular formula is C29H41NO6S. The van der Waals surface area contributed by atoms with Crippen LogP contribution in [0.15, 0.2) is 29.2 Å². The quantitative estimate of drug-likeness (QED) is 0.322. The van der Waals surface area contributed by atoms with E-state index < -0.39 is 20.5 Å². The number of non-ortho nitro benzene ring substituents is 1. The number of nitro benzene ring substituents is 1. The van der Waals surface area contributed by atoms with Gasteiger partial charge in [-0.25, -0.2) is 8.42 Å². The van der Waals surface area contributed by atoms with Crippen LogP contribution in [0.4, 0.5) is 5.69 Å². The first-order valence-corrected chi connectivity index (χ1v) is 15.6. The van der Waals surface area contributed by atoms with E-state index in [1.807, 2.05) is 7.11 Å². The molecule has 204 valence electrons. The third kappa shape index (κ3) is 4.56. The maximum absolute atomic E-state index is 13.5. The molecule has 0 saturated heterocycles. The predicted octanol–water partition coefficient (Wildman–Crippen LogP) is 5.86. The highest BCUT2D eigenvalue weighted by molar-refractivity contribution is 7.92. The van der Waals surface area contributed by atoms with Gasteiger partial charge in [0.05, 0.1) is 9.82 Å². The number of carbonyl (C=O) groups excluding carboxylic acids is 1. The van der Waals surface area contributed by atoms with Gasteiger partial charge in [-0.15, -0.1) is 0 Å². The maximum atomic E-state index is 13.5. The first-order valence-electron chi connectivity index (χ1n) is 14.0. The molecule has 0 spiro atoms. The van der Waals surface area contributed by atoms with Crippen LogP contribution in [-0.2, 0) is 19.4 Å². The lowest BCUT2D eigenvalue weighted by molar-refractivity contribution is -0.384. The Morgan fingerprint density at radius 3 is 2.35 bits per heavy atom. The number of Topliss-reactive ketones (excluding diaryl/α,β-unsaturated/α-hetero) is 1. The molecule has 0 aromatic heterocycles. The van der Waals surface area contributed by atoms with Crippen LogP contribution < -0.4 is 0 Å². The van der Waals surface area contributed by atoms with Gasteiger partial charge in [-0.1, -0.05) is 13.8 Å². The smallest absolute Gasteiger partial charge is 0.269 e. The number of rotatable bonds is 7. The normalized spacial score (nSPS) is 39.3. The zero-order valence-electron chi connectivity index (χ0n) is 22.4. The van der Waals surface area contributed by atoms with Crippen molar-refractivity contribution in [3.63, 3.8) is 0 Å². The third-order valence-corrected chi connectivity index (χ3v) is 12.9. The van der Waals surface area contributed by atoms with Crippen LogP contribution in [0.1, 0.15) is 71.6 Å². The lowest BCUT2D eigenvalue weighted by atomic mass is 9.44. The SMILES string of the molecule is COCC1CC[C@@H]2CC[C@@H]3[C@H](CC[C@]4(C)[C@@H](C(=O)CS(=O)(=O)c5ccc([N+](=O)[O-])cc5)CC[C@@H]34)[C@@]2(C)C1. The highest BCUT2D eigenvalue weighted by Gasteiger charge is 2.61. The first-order chi connectivity index (χ1) is 17.5. The summed E-state index contributed by atoms with van der Waals surface area (Å²) < 4.78 is 31.7. The summed E-state index contributed by atoms with van der Waals surface area (Å²) in [6.07, 6.45) is 10.2. The molecule has 37 heavy (non-hydrogen) atoms. The Morgan fingerprint density at radius 2 is 1.68 bits per heavy atom. The summed E-state index contributed by atoms with van der Waals surface area (Å²) in [6.45, 7) is 5.64. The van der Waals surface area contributed by atoms with Crippen molar-refractivity contribution in [2.45, 2.75) is 76.5 Å². The van der Waals surface area contributed by atoms with Gasteiger partial charge in [-0.05, 0) is 110 Å². The molecule has 5 rings (SSSR count). The van der Waals surface area contributed by atoms with Crippen molar-refractivity contribution in [3.05, 3.63) is 34.4 Å². The molecule has 0 aliphatic heterocycles. The van der Waals surface area contributed by atoms with Crippen LogP contribution in [0.3, 0.4) is 0 Å². The summed E-state index contributed by atoms with van der Waals surface area (Å²) >= 11 is 0. The summed E-state index contributed by atoms with van der Waals surface area (Å²) in [5, 5.41) is 10.9. The van der Waals surface area contributed by atoms with E-state index in [0.717, 1.165) is 38.2 Å². The highest BCUT2D eigenvalue weighted by atomic mass is 32.2. The number of methoxy groups -OCH3 is 1. The van der Waals surface area contributed by atoms with Crippen molar-refractivity contribution in [3.8, 4) is 0 Å². The van der Waals surface area contributed by atoms with Crippen LogP contribution in [-0.4, -0.2) is 38.6 Å². The number of sulfone groups is 1. The lowest BCUT2D eigenvalue weighted by Gasteiger charge is -2.61. The first kappa shape index (κ1) is 26.8. The fourth-order valence-corrected chi connectivity index (χ4v) is 10.8. The number of hydrogen-bond acceptors (Lipinski definition) is 6. The molecule has 4 saturated carbocycles. The van der Waals surface area contributed by atoms with Crippen molar-refractivity contribution >= 4 is 21.3 Å². The van der Waals surface area contributed by atoms with Crippen molar-refractivity contribution < 1.29 is 22.9 Å². The van der Waals surface area contributed by atoms with E-state index in [-0.39, 0.29) is 27.7 Å². The maximum Gasteiger partial charge on any atom is 0.269 e. The molecular weight excluding hydrogens is 490 g/mol. The minimum absolute atomic E-state index is 0.0241. The van der Waals surface area contributed by atoms with Crippen LogP contribution in [0, 0.1) is 56.5 Å². The van der Waals surface area contributed by atoms with Crippen LogP contribution in [0.25, 0.3) is 0 Å². The van der Waals surface area contributed by atoms with E-state index in [0.29, 0.717) is 29.1 Å². The molecule has 4 aliphatic rings. The monoisotopic (exact) mass is 531 g/mol. The minimum atomic E-state index is -3.85. The van der Waals surface area contributed by atoms with E-state index in [9.17, 15) is 23.3 Å². The number of nitrogens with zero attached hydrogens (tertiary/aromatic N) is 1. The lowest BCUT2D eigenvalue weighted by Crippen LogP contribution is -2.54. The Bertz CT molecular complexity index is 1150. The zero-order chi connectivity index (χ0) is 26.6. The van der Waals surface area contributed by atoms with Crippen LogP contribution in [0.2, 0.25) is 0 Å². The topological polar surface area (TPSA) is 104 Å². The Morgan fingerprint density at radius 1 is 1.00 bits per heavy atom. The molecule has 0 radical (unpaired) electrons. The van der Waals surface area contributed by atoms with Gasteiger partial charge in [0.15, 0.2) is 15.6 Å². The average Bonchev–Trinajstić information content (AvgIpc) is 3.21. The van der Waals surface area contributed by atoms with Gasteiger partial charge >= 0.3 is 0 Å². The largest absolute Gasteiger partial charge is 0.384 e. The molecule has 0 N–H and O–H groups in total. The highest BCUT2D eigenvalue weighted by Crippen LogP contribution is 2.68. The number of ether oxygens (including phenoxy) is 1. The van der Waals surface area contributed by atoms with Gasteiger partial charge in [0.2, 0.25) is 0 Å². The predicted molar refractivity (Wildman–Crippen MR) is 141 cm³/mol. The minimum Gasteiger partial charge on any atom is -0.384 e. The second-order valence-electron chi connectivity index (χ2n) is 12.9. The number of nitro groups is 1. The van der Waals surface area contributed by atoms with Crippen molar-refractivity contribution in [2.24, 2.45) is 46.3 Å². The standard InChI is InChI=1S/C29H41NO6S/c1-28-15-14-25-23(11-6-20-5-4-19(17-36-3)16-29(20,25)2)24(28)12-13-26(28)27(31)18-37(34,35)22-9-7-21(8-10-22)30(32)33/h7-10,19-20,23-26H,4-6,11-18H2,1-3H3/t19?,20-,23+,24+,25+,26-,28+,29+/m1/s1. The summed E-state index contributed by atoms with van der Waals surface area (Å²) in [4.78, 5) is 23.9. The van der Waals surface area contributed by atoms with Gasteiger partial charge < -0.3 is 4.74 Å². The molecule has 1 aromatic rings. The van der Waals surface area contributed by atoms with Gasteiger partial charge in [-0.3, -0.25) is 14.9 Å². The van der Waals surface area contributed by atoms with E-state index >= 15 is 0 Å². The third-order valence-electron chi connectivity index (χ3n) is 11.2. The molecule has 0 heterocycles. The number of ketones is 1. The molecule has 8 atom stereocenters. The Balaban J connectivity index is 1.32. The fourth-order valence-electron chi connectivity index (χ4n) is 9.54. The van der Waals surface area contributed by atoms with Crippen LogP contribution in [0.5, 0.6) is 0 Å². The van der Waals surface area contributed by atoms with Crippen molar-refractivity contribution in [1.82, 2.24) is 0 Å². The van der Waals surface area contributed by atoms with Crippen molar-refractivity contribution in [1.29, 1.82) is 0 Å². The van der Waals surface area contributed by atoms with E-state index in [4.69, 9.17) is 4.74 Å². The molecule has 7 nitrogen and oxygen atoms in total. The van der Waals surface area contributed by atoms with Crippen molar-refractivity contribution in [2.75, 3.05) is 19.5 Å². The number of fused-ring (bicyclic) bond motifs is 5. The van der Waals surface area contributed by atoms with Gasteiger partial charge in [0.1, 0.15) is 5.75 Å². The molecule has 8 heteroatoms. The summed E-state index contributed by atoms with van der Waals surface area (Å²) in [5.74, 6) is 2.27. The second kappa shape index (κ2) is 9.74. The summed E-state index contributed by atoms with van der Waals surface area (Å²) in [6, 6.07) is 4.85. The Hall–Kier alpha value is -1.80. The molecule has 4 fully saturated rings. The van der Waals surface area contributed by atoms with E-state index in [1.54, 1.807) is 0 Å². The second-order valence-corrected chi connectivity index (χ2v) is 14.9. The summed E-state index contributed by atoms with van der Waals surface area (Å²) in [7, 11) is -2.04. The van der Waals surface area contributed by atoms with Gasteiger partial charge in [0.25, 0.3) is 5.69 Å². The molecule has 0 bridgehead atoms. The molecule has 4 aliphatic carbocycles. The number of hydrogen-bond donors (Lipinski definition) is 0. The number of benzene rings is 1. The summed E-state index contributed by atoms with van der Waals surface area (Å²) in [5.41, 5.74) is 0.0307. The Kier molecular flexibility index (Phi) is 7.06. The zero-order valence-corrected chi connectivity index (χ0v) is 23.2. The molecule has 1 aromatic carbocycles. The molecule has 0 amide bonds. The van der Waals surface area contributed by atoms with Gasteiger partial charge in [0, 0.05) is 31.8 Å². The number of carbonyl (C=O) groups is 1. The van der Waals surface area contributed by atoms with E-state index in [2.05, 4.69) is 13.8 Å². The van der Waals surface area contributed by atoms with Gasteiger partial charge in [-0.2, -0.15) is 0 Å². The Labute approximate surface area is 220 Å².